The van der Waals surface area contributed by atoms with E-state index in [1.54, 1.807) is 0 Å². The maximum atomic E-state index is 5.90. The van der Waals surface area contributed by atoms with Gasteiger partial charge in [0.2, 0.25) is 0 Å². The van der Waals surface area contributed by atoms with Crippen LogP contribution in [0.25, 0.3) is 0 Å². The third-order valence-corrected chi connectivity index (χ3v) is 3.68. The normalized spacial score (nSPS) is 33.4. The number of rotatable bonds is 2. The molecule has 6 nitrogen and oxygen atoms in total. The fourth-order valence-electron chi connectivity index (χ4n) is 2.68. The van der Waals surface area contributed by atoms with Crippen molar-refractivity contribution < 1.29 is 9.47 Å². The molecule has 94 valence electrons. The van der Waals surface area contributed by atoms with Gasteiger partial charge in [-0.15, -0.1) is 5.10 Å². The Labute approximate surface area is 100 Å². The van der Waals surface area contributed by atoms with E-state index in [1.807, 2.05) is 10.9 Å². The third-order valence-electron chi connectivity index (χ3n) is 3.68. The van der Waals surface area contributed by atoms with Crippen LogP contribution in [0.3, 0.4) is 0 Å². The number of ether oxygens (including phenoxy) is 2. The molecule has 2 aliphatic heterocycles. The Balaban J connectivity index is 1.74. The molecule has 2 unspecified atom stereocenters. The van der Waals surface area contributed by atoms with Crippen molar-refractivity contribution >= 4 is 0 Å². The minimum Gasteiger partial charge on any atom is -0.378 e. The Bertz CT molecular complexity index is 387. The summed E-state index contributed by atoms with van der Waals surface area (Å²) in [7, 11) is 0. The Morgan fingerprint density at radius 3 is 3.18 bits per heavy atom. The van der Waals surface area contributed by atoms with Gasteiger partial charge in [0, 0.05) is 32.6 Å². The van der Waals surface area contributed by atoms with Crippen LogP contribution in [0.2, 0.25) is 0 Å². The van der Waals surface area contributed by atoms with Gasteiger partial charge in [0.15, 0.2) is 0 Å². The zero-order chi connectivity index (χ0) is 11.7. The van der Waals surface area contributed by atoms with Crippen LogP contribution in [0.5, 0.6) is 0 Å². The summed E-state index contributed by atoms with van der Waals surface area (Å²) < 4.78 is 13.3. The predicted octanol–water partition coefficient (Wildman–Crippen LogP) is 0.247. The van der Waals surface area contributed by atoms with Gasteiger partial charge in [-0.3, -0.25) is 0 Å². The summed E-state index contributed by atoms with van der Waals surface area (Å²) >= 11 is 0. The van der Waals surface area contributed by atoms with E-state index < -0.39 is 0 Å². The lowest BCUT2D eigenvalue weighted by molar-refractivity contribution is -0.0964. The van der Waals surface area contributed by atoms with Crippen molar-refractivity contribution in [2.45, 2.75) is 37.5 Å². The quantitative estimate of drug-likeness (QED) is 0.799. The maximum Gasteiger partial charge on any atom is 0.0962 e. The number of nitrogens with two attached hydrogens (primary N) is 1. The van der Waals surface area contributed by atoms with E-state index in [0.29, 0.717) is 19.2 Å². The zero-order valence-electron chi connectivity index (χ0n) is 9.84. The standard InChI is InChI=1S/C11H18N4O2/c12-6-9-7-15(14-13-9)10-1-3-17-11(5-10)2-4-16-8-11/h7,10H,1-6,8,12H2. The Morgan fingerprint density at radius 1 is 1.53 bits per heavy atom. The fourth-order valence-corrected chi connectivity index (χ4v) is 2.68. The first-order chi connectivity index (χ1) is 8.31. The molecule has 0 bridgehead atoms. The van der Waals surface area contributed by atoms with Crippen LogP contribution in [-0.4, -0.2) is 40.4 Å². The molecule has 0 radical (unpaired) electrons. The molecule has 2 saturated heterocycles. The molecule has 2 N–H and O–H groups in total. The van der Waals surface area contributed by atoms with Gasteiger partial charge >= 0.3 is 0 Å². The monoisotopic (exact) mass is 238 g/mol. The molecule has 0 amide bonds. The van der Waals surface area contributed by atoms with E-state index in [1.165, 1.54) is 0 Å². The number of hydrogen-bond acceptors (Lipinski definition) is 5. The summed E-state index contributed by atoms with van der Waals surface area (Å²) in [5, 5.41) is 8.20. The van der Waals surface area contributed by atoms with E-state index in [-0.39, 0.29) is 5.60 Å². The SMILES string of the molecule is NCc1cn(C2CCOC3(CCOC3)C2)nn1. The van der Waals surface area contributed by atoms with Crippen LogP contribution < -0.4 is 5.73 Å². The maximum absolute atomic E-state index is 5.90. The zero-order valence-corrected chi connectivity index (χ0v) is 9.84. The topological polar surface area (TPSA) is 75.2 Å². The molecule has 2 atom stereocenters. The summed E-state index contributed by atoms with van der Waals surface area (Å²) in [6.45, 7) is 2.73. The molecule has 0 aromatic carbocycles. The Kier molecular flexibility index (Phi) is 2.85. The summed E-state index contributed by atoms with van der Waals surface area (Å²) in [6, 6.07) is 0.359. The Hall–Kier alpha value is -0.980. The number of hydrogen-bond donors (Lipinski definition) is 1. The van der Waals surface area contributed by atoms with Crippen molar-refractivity contribution in [3.8, 4) is 0 Å². The summed E-state index contributed by atoms with van der Waals surface area (Å²) in [4.78, 5) is 0. The molecule has 17 heavy (non-hydrogen) atoms. The summed E-state index contributed by atoms with van der Waals surface area (Å²) in [6.07, 6.45) is 4.87. The molecule has 0 aliphatic carbocycles. The second kappa shape index (κ2) is 4.36. The second-order valence-corrected chi connectivity index (χ2v) is 4.87. The number of nitrogens with zero attached hydrogens (tertiary/aromatic N) is 3. The molecule has 1 aromatic heterocycles. The van der Waals surface area contributed by atoms with Gasteiger partial charge in [0.1, 0.15) is 0 Å². The van der Waals surface area contributed by atoms with Crippen molar-refractivity contribution in [2.24, 2.45) is 5.73 Å². The van der Waals surface area contributed by atoms with Gasteiger partial charge < -0.3 is 15.2 Å². The van der Waals surface area contributed by atoms with Crippen LogP contribution in [0.1, 0.15) is 31.0 Å². The third kappa shape index (κ3) is 2.08. The molecule has 1 spiro atoms. The highest BCUT2D eigenvalue weighted by Crippen LogP contribution is 2.37. The van der Waals surface area contributed by atoms with Crippen LogP contribution in [0, 0.1) is 0 Å². The van der Waals surface area contributed by atoms with Crippen LogP contribution in [0.15, 0.2) is 6.20 Å². The highest BCUT2D eigenvalue weighted by atomic mass is 16.6. The largest absolute Gasteiger partial charge is 0.378 e. The average molecular weight is 238 g/mol. The lowest BCUT2D eigenvalue weighted by Crippen LogP contribution is -2.41. The van der Waals surface area contributed by atoms with Gasteiger partial charge in [-0.2, -0.15) is 0 Å². The highest BCUT2D eigenvalue weighted by Gasteiger charge is 2.41. The van der Waals surface area contributed by atoms with Crippen molar-refractivity contribution in [3.05, 3.63) is 11.9 Å². The van der Waals surface area contributed by atoms with Gasteiger partial charge in [0.05, 0.1) is 30.1 Å². The first-order valence-electron chi connectivity index (χ1n) is 6.14. The smallest absolute Gasteiger partial charge is 0.0962 e. The van der Waals surface area contributed by atoms with Gasteiger partial charge in [-0.25, -0.2) is 4.68 Å². The molecule has 2 aliphatic rings. The molecule has 3 heterocycles. The summed E-state index contributed by atoms with van der Waals surface area (Å²) in [5.74, 6) is 0. The molecule has 2 fully saturated rings. The highest BCUT2D eigenvalue weighted by molar-refractivity contribution is 4.96. The predicted molar refractivity (Wildman–Crippen MR) is 60.3 cm³/mol. The summed E-state index contributed by atoms with van der Waals surface area (Å²) in [5.41, 5.74) is 6.30. The first kappa shape index (κ1) is 11.1. The molecule has 1 aromatic rings. The first-order valence-corrected chi connectivity index (χ1v) is 6.14. The van der Waals surface area contributed by atoms with Crippen LogP contribution in [0.4, 0.5) is 0 Å². The van der Waals surface area contributed by atoms with Crippen LogP contribution >= 0.6 is 0 Å². The van der Waals surface area contributed by atoms with Crippen LogP contribution in [-0.2, 0) is 16.0 Å². The van der Waals surface area contributed by atoms with Crippen molar-refractivity contribution in [2.75, 3.05) is 19.8 Å². The number of aromatic nitrogens is 3. The minimum absolute atomic E-state index is 0.0856. The second-order valence-electron chi connectivity index (χ2n) is 4.87. The van der Waals surface area contributed by atoms with E-state index in [4.69, 9.17) is 15.2 Å². The lowest BCUT2D eigenvalue weighted by Gasteiger charge is -2.36. The van der Waals surface area contributed by atoms with E-state index >= 15 is 0 Å². The fraction of sp³-hybridized carbons (Fsp3) is 0.818. The molecular weight excluding hydrogens is 220 g/mol. The van der Waals surface area contributed by atoms with Crippen molar-refractivity contribution in [3.63, 3.8) is 0 Å². The lowest BCUT2D eigenvalue weighted by atomic mass is 9.90. The minimum atomic E-state index is -0.0856. The van der Waals surface area contributed by atoms with E-state index in [9.17, 15) is 0 Å². The van der Waals surface area contributed by atoms with Crippen molar-refractivity contribution in [1.29, 1.82) is 0 Å². The molecule has 3 rings (SSSR count). The van der Waals surface area contributed by atoms with E-state index in [0.717, 1.165) is 38.2 Å². The van der Waals surface area contributed by atoms with Gasteiger partial charge in [-0.1, -0.05) is 5.21 Å². The average Bonchev–Trinajstić information content (AvgIpc) is 2.99. The van der Waals surface area contributed by atoms with E-state index in [2.05, 4.69) is 10.3 Å². The Morgan fingerprint density at radius 2 is 2.47 bits per heavy atom. The van der Waals surface area contributed by atoms with Crippen molar-refractivity contribution in [1.82, 2.24) is 15.0 Å². The molecule has 6 heteroatoms. The van der Waals surface area contributed by atoms with Gasteiger partial charge in [0.25, 0.3) is 0 Å². The molecular formula is C11H18N4O2. The van der Waals surface area contributed by atoms with Gasteiger partial charge in [-0.05, 0) is 6.42 Å². The molecule has 0 saturated carbocycles.